The van der Waals surface area contributed by atoms with Crippen molar-refractivity contribution in [3.8, 4) is 0 Å². The fourth-order valence-electron chi connectivity index (χ4n) is 3.92. The molecule has 1 aliphatic carbocycles. The Morgan fingerprint density at radius 2 is 2.23 bits per heavy atom. The number of carbonyl (C=O) groups excluding carboxylic acids is 1. The molecule has 3 heterocycles. The highest BCUT2D eigenvalue weighted by molar-refractivity contribution is 7.13. The van der Waals surface area contributed by atoms with E-state index in [1.54, 1.807) is 10.9 Å². The lowest BCUT2D eigenvalue weighted by Crippen LogP contribution is -2.30. The van der Waals surface area contributed by atoms with Gasteiger partial charge in [-0.15, -0.1) is 11.3 Å². The van der Waals surface area contributed by atoms with E-state index < -0.39 is 6.04 Å². The minimum Gasteiger partial charge on any atom is -0.382 e. The summed E-state index contributed by atoms with van der Waals surface area (Å²) in [6.07, 6.45) is 12.1. The second-order valence-electron chi connectivity index (χ2n) is 7.06. The second kappa shape index (κ2) is 7.57. The normalized spacial score (nSPS) is 18.5. The molecule has 0 aromatic carbocycles. The zero-order valence-electron chi connectivity index (χ0n) is 14.7. The van der Waals surface area contributed by atoms with Crippen LogP contribution in [0.5, 0.6) is 0 Å². The molecule has 0 radical (unpaired) electrons. The lowest BCUT2D eigenvalue weighted by atomic mass is 9.84. The summed E-state index contributed by atoms with van der Waals surface area (Å²) >= 11 is 1.41. The van der Waals surface area contributed by atoms with Crippen LogP contribution in [-0.2, 0) is 11.2 Å². The number of amides is 1. The fraction of sp³-hybridized carbons (Fsp3) is 0.556. The number of fused-ring (bicyclic) bond motifs is 1. The Hall–Kier alpha value is -2.22. The zero-order valence-corrected chi connectivity index (χ0v) is 15.5. The molecule has 26 heavy (non-hydrogen) atoms. The first-order chi connectivity index (χ1) is 12.7. The molecule has 1 saturated carbocycles. The number of aryl methyl sites for hydroxylation is 1. The quantitative estimate of drug-likeness (QED) is 0.835. The van der Waals surface area contributed by atoms with Crippen LogP contribution in [0, 0.1) is 5.92 Å². The van der Waals surface area contributed by atoms with Crippen molar-refractivity contribution in [2.75, 3.05) is 11.1 Å². The maximum Gasteiger partial charge on any atom is 0.251 e. The van der Waals surface area contributed by atoms with Gasteiger partial charge in [0.15, 0.2) is 5.13 Å². The van der Waals surface area contributed by atoms with Gasteiger partial charge < -0.3 is 11.1 Å². The molecule has 3 N–H and O–H groups in total. The van der Waals surface area contributed by atoms with E-state index >= 15 is 0 Å². The summed E-state index contributed by atoms with van der Waals surface area (Å²) in [4.78, 5) is 21.6. The number of anilines is 2. The van der Waals surface area contributed by atoms with E-state index in [1.807, 2.05) is 11.6 Å². The Balaban J connectivity index is 1.62. The molecule has 2 aromatic heterocycles. The predicted molar refractivity (Wildman–Crippen MR) is 104 cm³/mol. The van der Waals surface area contributed by atoms with E-state index in [4.69, 9.17) is 5.73 Å². The molecule has 0 saturated heterocycles. The van der Waals surface area contributed by atoms with Crippen molar-refractivity contribution in [3.63, 3.8) is 0 Å². The first kappa shape index (κ1) is 17.2. The average Bonchev–Trinajstić information content (AvgIpc) is 3.29. The molecule has 1 unspecified atom stereocenters. The van der Waals surface area contributed by atoms with Crippen LogP contribution in [0.3, 0.4) is 0 Å². The van der Waals surface area contributed by atoms with Crippen LogP contribution in [0.1, 0.15) is 56.7 Å². The van der Waals surface area contributed by atoms with Crippen molar-refractivity contribution in [3.05, 3.63) is 17.3 Å². The number of rotatable bonds is 5. The molecule has 1 atom stereocenters. The van der Waals surface area contributed by atoms with Crippen molar-refractivity contribution in [2.24, 2.45) is 10.9 Å². The van der Waals surface area contributed by atoms with Crippen LogP contribution in [0.2, 0.25) is 0 Å². The highest BCUT2D eigenvalue weighted by Gasteiger charge is 2.30. The van der Waals surface area contributed by atoms with Gasteiger partial charge in [-0.25, -0.2) is 9.67 Å². The van der Waals surface area contributed by atoms with Crippen LogP contribution in [0.25, 0.3) is 0 Å². The highest BCUT2D eigenvalue weighted by atomic mass is 32.1. The maximum atomic E-state index is 13.1. The Labute approximate surface area is 156 Å². The Morgan fingerprint density at radius 1 is 1.38 bits per heavy atom. The number of carbonyl (C=O) groups is 1. The topological polar surface area (TPSA) is 98.2 Å². The molecular weight excluding hydrogens is 348 g/mol. The summed E-state index contributed by atoms with van der Waals surface area (Å²) < 4.78 is 1.70. The number of nitrogens with two attached hydrogens (primary N) is 1. The molecule has 2 aromatic rings. The van der Waals surface area contributed by atoms with E-state index in [9.17, 15) is 4.79 Å². The van der Waals surface area contributed by atoms with E-state index in [-0.39, 0.29) is 5.91 Å². The summed E-state index contributed by atoms with van der Waals surface area (Å²) in [5.74, 6) is 0.923. The van der Waals surface area contributed by atoms with Crippen LogP contribution < -0.4 is 11.1 Å². The molecule has 138 valence electrons. The molecule has 8 heteroatoms. The third-order valence-electron chi connectivity index (χ3n) is 5.26. The smallest absolute Gasteiger partial charge is 0.251 e. The largest absolute Gasteiger partial charge is 0.382 e. The lowest BCUT2D eigenvalue weighted by Gasteiger charge is -2.26. The predicted octanol–water partition coefficient (Wildman–Crippen LogP) is 3.72. The van der Waals surface area contributed by atoms with Gasteiger partial charge in [0.2, 0.25) is 0 Å². The number of hydrogen-bond donors (Lipinski definition) is 2. The Kier molecular flexibility index (Phi) is 5.01. The van der Waals surface area contributed by atoms with Gasteiger partial charge in [-0.05, 0) is 25.2 Å². The number of aromatic nitrogens is 3. The van der Waals surface area contributed by atoms with Crippen LogP contribution in [-0.4, -0.2) is 26.9 Å². The van der Waals surface area contributed by atoms with Gasteiger partial charge in [0, 0.05) is 17.8 Å². The van der Waals surface area contributed by atoms with Gasteiger partial charge in [-0.3, -0.25) is 9.79 Å². The Bertz CT molecular complexity index is 791. The summed E-state index contributed by atoms with van der Waals surface area (Å²) in [7, 11) is 0. The summed E-state index contributed by atoms with van der Waals surface area (Å²) in [6.45, 7) is 0. The molecule has 7 nitrogen and oxygen atoms in total. The van der Waals surface area contributed by atoms with Gasteiger partial charge in [-0.2, -0.15) is 5.10 Å². The third kappa shape index (κ3) is 3.51. The lowest BCUT2D eigenvalue weighted by molar-refractivity contribution is -0.120. The number of hydrogen-bond acceptors (Lipinski definition) is 6. The number of nitrogens with zero attached hydrogens (tertiary/aromatic N) is 4. The van der Waals surface area contributed by atoms with Gasteiger partial charge in [0.1, 0.15) is 17.5 Å². The summed E-state index contributed by atoms with van der Waals surface area (Å²) in [5, 5.41) is 10.1. The molecule has 0 spiro atoms. The van der Waals surface area contributed by atoms with E-state index in [1.165, 1.54) is 43.4 Å². The van der Waals surface area contributed by atoms with Crippen LogP contribution in [0.4, 0.5) is 16.6 Å². The molecule has 2 aliphatic rings. The number of nitrogens with one attached hydrogen (secondary N) is 1. The van der Waals surface area contributed by atoms with Crippen molar-refractivity contribution in [2.45, 2.75) is 57.4 Å². The monoisotopic (exact) mass is 372 g/mol. The van der Waals surface area contributed by atoms with Crippen molar-refractivity contribution >= 4 is 40.1 Å². The molecule has 0 bridgehead atoms. The van der Waals surface area contributed by atoms with E-state index in [2.05, 4.69) is 20.4 Å². The van der Waals surface area contributed by atoms with Crippen LogP contribution >= 0.6 is 11.3 Å². The molecule has 1 amide bonds. The van der Waals surface area contributed by atoms with Crippen molar-refractivity contribution in [1.29, 1.82) is 0 Å². The molecule has 4 rings (SSSR count). The minimum absolute atomic E-state index is 0.0962. The molecule has 1 fully saturated rings. The third-order valence-corrected chi connectivity index (χ3v) is 5.95. The second-order valence-corrected chi connectivity index (χ2v) is 7.95. The highest BCUT2D eigenvalue weighted by Crippen LogP contribution is 2.36. The first-order valence-electron chi connectivity index (χ1n) is 9.32. The zero-order chi connectivity index (χ0) is 17.9. The standard InChI is InChI=1S/C18H24N6OS/c19-16-15-13(7-4-8-20-15)23-24(16)14(11-12-5-2-1-3-6-12)17(25)22-18-21-9-10-26-18/h8-10,12,14H,1-7,11,19H2,(H,21,22,25). The van der Waals surface area contributed by atoms with Gasteiger partial charge in [0.25, 0.3) is 5.91 Å². The van der Waals surface area contributed by atoms with Gasteiger partial charge in [-0.1, -0.05) is 32.1 Å². The fourth-order valence-corrected chi connectivity index (χ4v) is 4.45. The molecule has 1 aliphatic heterocycles. The minimum atomic E-state index is -0.428. The number of nitrogen functional groups attached to an aromatic ring is 1. The summed E-state index contributed by atoms with van der Waals surface area (Å²) in [5.41, 5.74) is 7.95. The van der Waals surface area contributed by atoms with Crippen LogP contribution in [0.15, 0.2) is 16.6 Å². The first-order valence-corrected chi connectivity index (χ1v) is 10.2. The van der Waals surface area contributed by atoms with Gasteiger partial charge >= 0.3 is 0 Å². The molecular formula is C18H24N6OS. The van der Waals surface area contributed by atoms with Crippen molar-refractivity contribution < 1.29 is 4.79 Å². The SMILES string of the molecule is Nc1c2c(nn1C(CC1CCCCC1)C(=O)Nc1nccs1)CCC=N2. The van der Waals surface area contributed by atoms with E-state index in [0.29, 0.717) is 16.9 Å². The van der Waals surface area contributed by atoms with Crippen molar-refractivity contribution in [1.82, 2.24) is 14.8 Å². The summed E-state index contributed by atoms with van der Waals surface area (Å²) in [6, 6.07) is -0.428. The number of aliphatic imine (C=N–C) groups is 1. The van der Waals surface area contributed by atoms with Gasteiger partial charge in [0.05, 0.1) is 5.69 Å². The number of thiazole rings is 1. The maximum absolute atomic E-state index is 13.1. The van der Waals surface area contributed by atoms with E-state index in [0.717, 1.165) is 30.6 Å². The average molecular weight is 372 g/mol. The Morgan fingerprint density at radius 3 is 2.96 bits per heavy atom.